The molecule has 4 aromatic carbocycles. The number of benzene rings is 4. The summed E-state index contributed by atoms with van der Waals surface area (Å²) in [7, 11) is 0. The lowest BCUT2D eigenvalue weighted by atomic mass is 10.1. The molecule has 0 saturated carbocycles. The van der Waals surface area contributed by atoms with E-state index >= 15 is 0 Å². The second kappa shape index (κ2) is 16.6. The maximum absolute atomic E-state index is 10.5. The van der Waals surface area contributed by atoms with Crippen molar-refractivity contribution in [2.24, 2.45) is 0 Å². The number of carbonyl (C=O) groups excluding carboxylic acids is 1. The Hall–Kier alpha value is -3.00. The molecular weight excluding hydrogens is 591 g/mol. The van der Waals surface area contributed by atoms with Crippen LogP contribution in [0.3, 0.4) is 0 Å². The van der Waals surface area contributed by atoms with E-state index in [4.69, 9.17) is 14.6 Å². The number of hydrogen-bond acceptors (Lipinski definition) is 4. The summed E-state index contributed by atoms with van der Waals surface area (Å²) >= 11 is 6.75. The summed E-state index contributed by atoms with van der Waals surface area (Å²) < 4.78 is 13.3. The lowest BCUT2D eigenvalue weighted by Crippen LogP contribution is -1.95. The maximum atomic E-state index is 10.5. The molecule has 0 unspecified atom stereocenters. The van der Waals surface area contributed by atoms with Crippen molar-refractivity contribution >= 4 is 38.1 Å². The van der Waals surface area contributed by atoms with Crippen LogP contribution in [0.2, 0.25) is 0 Å². The first-order chi connectivity index (χ1) is 16.6. The average molecular weight is 620 g/mol. The number of hydrogen-bond donors (Lipinski definition) is 1. The minimum Gasteiger partial charge on any atom is -0.489 e. The zero-order valence-corrected chi connectivity index (χ0v) is 21.9. The second-order valence-corrected chi connectivity index (χ2v) is 9.15. The fourth-order valence-electron chi connectivity index (χ4n) is 2.83. The van der Waals surface area contributed by atoms with Crippen molar-refractivity contribution in [2.75, 3.05) is 0 Å². The number of halogens is 3. The van der Waals surface area contributed by atoms with Gasteiger partial charge in [0.25, 0.3) is 0 Å². The van der Waals surface area contributed by atoms with Crippen LogP contribution in [0.25, 0.3) is 0 Å². The van der Waals surface area contributed by atoms with Gasteiger partial charge in [-0.1, -0.05) is 87.8 Å². The lowest BCUT2D eigenvalue weighted by Gasteiger charge is -2.06. The van der Waals surface area contributed by atoms with Crippen LogP contribution in [-0.4, -0.2) is 11.4 Å². The van der Waals surface area contributed by atoms with Crippen molar-refractivity contribution in [1.82, 2.24) is 0 Å². The Morgan fingerprint density at radius 2 is 0.972 bits per heavy atom. The number of ether oxygens (including phenoxy) is 2. The molecule has 0 aromatic heterocycles. The van der Waals surface area contributed by atoms with Gasteiger partial charge in [-0.3, -0.25) is 9.50 Å². The second-order valence-electron chi connectivity index (χ2n) is 7.32. The van der Waals surface area contributed by atoms with Gasteiger partial charge in [-0.05, 0) is 65.2 Å². The van der Waals surface area contributed by atoms with Crippen molar-refractivity contribution in [3.8, 4) is 11.5 Å². The molecule has 1 N–H and O–H groups in total. The number of rotatable bonds is 8. The average Bonchev–Trinajstić information content (AvgIpc) is 2.89. The van der Waals surface area contributed by atoms with E-state index in [1.165, 1.54) is 0 Å². The molecule has 4 aromatic rings. The smallest absolute Gasteiger partial charge is 0.150 e. The van der Waals surface area contributed by atoms with E-state index in [2.05, 4.69) is 31.9 Å². The molecule has 0 atom stereocenters. The first kappa shape index (κ1) is 31.0. The molecule has 4 nitrogen and oxygen atoms in total. The van der Waals surface area contributed by atoms with E-state index in [9.17, 15) is 4.79 Å². The predicted molar refractivity (Wildman–Crippen MR) is 150 cm³/mol. The summed E-state index contributed by atoms with van der Waals surface area (Å²) in [6.45, 7) is 1.11. The Labute approximate surface area is 228 Å². The highest BCUT2D eigenvalue weighted by Gasteiger charge is 1.98. The van der Waals surface area contributed by atoms with E-state index in [1.54, 1.807) is 12.1 Å². The van der Waals surface area contributed by atoms with Crippen LogP contribution in [0.15, 0.2) is 106 Å². The maximum Gasteiger partial charge on any atom is 0.150 e. The van der Waals surface area contributed by atoms with Crippen LogP contribution in [0, 0.1) is 0 Å². The Morgan fingerprint density at radius 1 is 0.611 bits per heavy atom. The zero-order chi connectivity index (χ0) is 24.2. The van der Waals surface area contributed by atoms with Crippen LogP contribution in [0.1, 0.15) is 34.5 Å². The van der Waals surface area contributed by atoms with Crippen molar-refractivity contribution in [3.63, 3.8) is 0 Å². The van der Waals surface area contributed by atoms with E-state index in [0.29, 0.717) is 18.8 Å². The summed E-state index contributed by atoms with van der Waals surface area (Å²) in [5.74, 6) is 1.67. The molecule has 4 rings (SSSR count). The van der Waals surface area contributed by atoms with Crippen molar-refractivity contribution in [1.29, 1.82) is 0 Å². The van der Waals surface area contributed by atoms with Crippen LogP contribution < -0.4 is 9.47 Å². The Bertz CT molecular complexity index is 1150. The molecule has 0 saturated heterocycles. The normalized spacial score (nSPS) is 9.53. The molecule has 0 aliphatic heterocycles. The Kier molecular flexibility index (Phi) is 14.3. The van der Waals surface area contributed by atoms with Crippen molar-refractivity contribution in [3.05, 3.63) is 128 Å². The van der Waals surface area contributed by atoms with Crippen molar-refractivity contribution < 1.29 is 24.1 Å². The Morgan fingerprint density at radius 3 is 1.33 bits per heavy atom. The highest BCUT2D eigenvalue weighted by molar-refractivity contribution is 9.10. The largest absolute Gasteiger partial charge is 0.489 e. The van der Waals surface area contributed by atoms with Crippen molar-refractivity contribution in [2.45, 2.75) is 27.2 Å². The highest BCUT2D eigenvalue weighted by atomic mass is 79.9. The van der Waals surface area contributed by atoms with Gasteiger partial charge in [0.05, 0.1) is 6.61 Å². The van der Waals surface area contributed by atoms with Gasteiger partial charge in [0, 0.05) is 14.5 Å². The SMILES string of the molecule is C.F.O=Cc1ccc(COc2ccc(Br)cc2)cc1.OCc1ccc(COc2ccc(Br)cc2)cc1. The van der Waals surface area contributed by atoms with Crippen LogP contribution in [-0.2, 0) is 19.8 Å². The van der Waals surface area contributed by atoms with Gasteiger partial charge in [-0.15, -0.1) is 0 Å². The molecule has 0 spiro atoms. The van der Waals surface area contributed by atoms with Crippen LogP contribution in [0.4, 0.5) is 4.70 Å². The van der Waals surface area contributed by atoms with Gasteiger partial charge >= 0.3 is 0 Å². The summed E-state index contributed by atoms with van der Waals surface area (Å²) in [5, 5.41) is 8.93. The molecular formula is C29H29Br2FO4. The minimum atomic E-state index is 0. The predicted octanol–water partition coefficient (Wildman–Crippen LogP) is 8.15. The third-order valence-corrected chi connectivity index (χ3v) is 5.82. The van der Waals surface area contributed by atoms with Gasteiger partial charge in [-0.25, -0.2) is 0 Å². The van der Waals surface area contributed by atoms with Gasteiger partial charge in [0.2, 0.25) is 0 Å². The molecule has 36 heavy (non-hydrogen) atoms. The molecule has 0 amide bonds. The molecule has 0 fully saturated rings. The third kappa shape index (κ3) is 10.7. The monoisotopic (exact) mass is 618 g/mol. The molecule has 0 heterocycles. The van der Waals surface area contributed by atoms with E-state index in [0.717, 1.165) is 43.4 Å². The number of aliphatic hydroxyl groups excluding tert-OH is 1. The van der Waals surface area contributed by atoms with E-state index in [-0.39, 0.29) is 18.7 Å². The number of aldehydes is 1. The van der Waals surface area contributed by atoms with E-state index < -0.39 is 0 Å². The molecule has 0 aliphatic carbocycles. The molecule has 7 heteroatoms. The Balaban J connectivity index is 0.000000341. The fourth-order valence-corrected chi connectivity index (χ4v) is 3.36. The standard InChI is InChI=1S/C14H13BrO2.C14H11BrO2.CH4.FH/c2*15-13-5-7-14(8-6-13)17-10-12-3-1-11(9-16)2-4-12;;/h1-8,16H,9-10H2;1-9H,10H2;1H4;1H. The molecule has 190 valence electrons. The zero-order valence-electron chi connectivity index (χ0n) is 18.8. The lowest BCUT2D eigenvalue weighted by molar-refractivity contribution is 0.112. The molecule has 0 bridgehead atoms. The topological polar surface area (TPSA) is 55.8 Å². The first-order valence-corrected chi connectivity index (χ1v) is 12.1. The number of carbonyl (C=O) groups is 1. The fraction of sp³-hybridized carbons (Fsp3) is 0.138. The summed E-state index contributed by atoms with van der Waals surface area (Å²) in [6, 6.07) is 30.5. The van der Waals surface area contributed by atoms with Crippen LogP contribution in [0.5, 0.6) is 11.5 Å². The molecule has 0 aliphatic rings. The summed E-state index contributed by atoms with van der Waals surface area (Å²) in [5.41, 5.74) is 3.72. The quantitative estimate of drug-likeness (QED) is 0.202. The van der Waals surface area contributed by atoms with Gasteiger partial charge in [0.15, 0.2) is 0 Å². The molecule has 0 radical (unpaired) electrons. The summed E-state index contributed by atoms with van der Waals surface area (Å²) in [6.07, 6.45) is 0.833. The van der Waals surface area contributed by atoms with Crippen LogP contribution >= 0.6 is 31.9 Å². The van der Waals surface area contributed by atoms with Gasteiger partial charge in [-0.2, -0.15) is 0 Å². The number of aliphatic hydroxyl groups is 1. The van der Waals surface area contributed by atoms with E-state index in [1.807, 2.05) is 84.9 Å². The third-order valence-electron chi connectivity index (χ3n) is 4.76. The highest BCUT2D eigenvalue weighted by Crippen LogP contribution is 2.18. The van der Waals surface area contributed by atoms with Gasteiger partial charge < -0.3 is 14.6 Å². The minimum absolute atomic E-state index is 0. The summed E-state index contributed by atoms with van der Waals surface area (Å²) in [4.78, 5) is 10.5. The van der Waals surface area contributed by atoms with Gasteiger partial charge in [0.1, 0.15) is 31.0 Å². The first-order valence-electron chi connectivity index (χ1n) is 10.6.